The summed E-state index contributed by atoms with van der Waals surface area (Å²) >= 11 is 0. The largest absolute Gasteiger partial charge is 0.508 e. The highest BCUT2D eigenvalue weighted by atomic mass is 16.3. The highest BCUT2D eigenvalue weighted by molar-refractivity contribution is 5.77. The fourth-order valence-electron chi connectivity index (χ4n) is 2.02. The monoisotopic (exact) mass is 253 g/mol. The summed E-state index contributed by atoms with van der Waals surface area (Å²) in [6.45, 7) is 0.796. The maximum absolute atomic E-state index is 9.21. The van der Waals surface area contributed by atoms with Crippen molar-refractivity contribution in [2.75, 3.05) is 11.9 Å². The molecule has 4 nitrogen and oxygen atoms in total. The fraction of sp³-hybridized carbons (Fsp3) is 0.133. The number of para-hydroxylation sites is 2. The van der Waals surface area contributed by atoms with Crippen LogP contribution in [-0.2, 0) is 6.42 Å². The first-order chi connectivity index (χ1) is 9.31. The average Bonchev–Trinajstić information content (AvgIpc) is 2.83. The number of aromatic hydroxyl groups is 1. The number of hydrogen-bond donors (Lipinski definition) is 3. The SMILES string of the molecule is Oc1ccc(CCNc2nc3ccccc3[nH]2)cc1. The maximum atomic E-state index is 9.21. The van der Waals surface area contributed by atoms with Gasteiger partial charge in [0.05, 0.1) is 11.0 Å². The molecular weight excluding hydrogens is 238 g/mol. The Morgan fingerprint density at radius 3 is 2.63 bits per heavy atom. The Morgan fingerprint density at radius 2 is 1.84 bits per heavy atom. The van der Waals surface area contributed by atoms with Crippen molar-refractivity contribution in [2.24, 2.45) is 0 Å². The Hall–Kier alpha value is -2.49. The van der Waals surface area contributed by atoms with Gasteiger partial charge in [0.25, 0.3) is 0 Å². The zero-order valence-electron chi connectivity index (χ0n) is 10.4. The Bertz CT molecular complexity index is 640. The van der Waals surface area contributed by atoms with Crippen molar-refractivity contribution in [3.05, 3.63) is 54.1 Å². The normalized spacial score (nSPS) is 10.7. The maximum Gasteiger partial charge on any atom is 0.201 e. The van der Waals surface area contributed by atoms with Crippen molar-refractivity contribution in [3.63, 3.8) is 0 Å². The number of aromatic amines is 1. The van der Waals surface area contributed by atoms with Crippen LogP contribution >= 0.6 is 0 Å². The van der Waals surface area contributed by atoms with Crippen molar-refractivity contribution >= 4 is 17.0 Å². The minimum absolute atomic E-state index is 0.300. The van der Waals surface area contributed by atoms with Crippen LogP contribution < -0.4 is 5.32 Å². The lowest BCUT2D eigenvalue weighted by atomic mass is 10.1. The first-order valence-corrected chi connectivity index (χ1v) is 6.28. The van der Waals surface area contributed by atoms with Gasteiger partial charge in [0.15, 0.2) is 0 Å². The molecule has 3 rings (SSSR count). The van der Waals surface area contributed by atoms with E-state index in [-0.39, 0.29) is 0 Å². The van der Waals surface area contributed by atoms with E-state index in [1.54, 1.807) is 12.1 Å². The molecule has 0 bridgehead atoms. The third kappa shape index (κ3) is 2.68. The fourth-order valence-corrected chi connectivity index (χ4v) is 2.02. The van der Waals surface area contributed by atoms with Gasteiger partial charge >= 0.3 is 0 Å². The first-order valence-electron chi connectivity index (χ1n) is 6.28. The van der Waals surface area contributed by atoms with Crippen molar-refractivity contribution < 1.29 is 5.11 Å². The topological polar surface area (TPSA) is 60.9 Å². The molecule has 0 aliphatic heterocycles. The quantitative estimate of drug-likeness (QED) is 0.670. The summed E-state index contributed by atoms with van der Waals surface area (Å²) < 4.78 is 0. The second-order valence-electron chi connectivity index (χ2n) is 4.45. The molecule has 0 radical (unpaired) electrons. The standard InChI is InChI=1S/C15H15N3O/c19-12-7-5-11(6-8-12)9-10-16-15-17-13-3-1-2-4-14(13)18-15/h1-8,19H,9-10H2,(H2,16,17,18). The molecule has 1 aromatic heterocycles. The van der Waals surface area contributed by atoms with Gasteiger partial charge in [0, 0.05) is 6.54 Å². The van der Waals surface area contributed by atoms with Crippen LogP contribution in [0.1, 0.15) is 5.56 Å². The zero-order valence-corrected chi connectivity index (χ0v) is 10.4. The molecule has 0 saturated carbocycles. The highest BCUT2D eigenvalue weighted by Gasteiger charge is 2.00. The third-order valence-electron chi connectivity index (χ3n) is 3.03. The lowest BCUT2D eigenvalue weighted by molar-refractivity contribution is 0.475. The number of hydrogen-bond acceptors (Lipinski definition) is 3. The average molecular weight is 253 g/mol. The van der Waals surface area contributed by atoms with E-state index in [0.29, 0.717) is 5.75 Å². The van der Waals surface area contributed by atoms with Gasteiger partial charge in [0.1, 0.15) is 5.75 Å². The van der Waals surface area contributed by atoms with Crippen LogP contribution in [0.25, 0.3) is 11.0 Å². The van der Waals surface area contributed by atoms with Gasteiger partial charge in [0.2, 0.25) is 5.95 Å². The number of benzene rings is 2. The number of anilines is 1. The first kappa shape index (κ1) is 11.6. The molecule has 3 aromatic rings. The van der Waals surface area contributed by atoms with Gasteiger partial charge in [-0.15, -0.1) is 0 Å². The molecule has 4 heteroatoms. The molecule has 0 fully saturated rings. The van der Waals surface area contributed by atoms with Crippen molar-refractivity contribution in [1.29, 1.82) is 0 Å². The van der Waals surface area contributed by atoms with E-state index >= 15 is 0 Å². The van der Waals surface area contributed by atoms with E-state index in [1.165, 1.54) is 5.56 Å². The van der Waals surface area contributed by atoms with Crippen LogP contribution in [0.5, 0.6) is 5.75 Å². The Labute approximate surface area is 111 Å². The van der Waals surface area contributed by atoms with Gasteiger partial charge in [-0.3, -0.25) is 0 Å². The summed E-state index contributed by atoms with van der Waals surface area (Å²) in [5.74, 6) is 1.09. The minimum Gasteiger partial charge on any atom is -0.508 e. The molecule has 0 saturated heterocycles. The molecule has 0 aliphatic rings. The van der Waals surface area contributed by atoms with Crippen LogP contribution in [0.15, 0.2) is 48.5 Å². The van der Waals surface area contributed by atoms with Crippen LogP contribution in [-0.4, -0.2) is 21.6 Å². The molecule has 19 heavy (non-hydrogen) atoms. The lowest BCUT2D eigenvalue weighted by Crippen LogP contribution is -2.05. The van der Waals surface area contributed by atoms with E-state index in [9.17, 15) is 5.11 Å². The molecule has 0 aliphatic carbocycles. The minimum atomic E-state index is 0.300. The number of nitrogens with one attached hydrogen (secondary N) is 2. The van der Waals surface area contributed by atoms with E-state index in [4.69, 9.17) is 0 Å². The number of phenols is 1. The number of fused-ring (bicyclic) bond motifs is 1. The second-order valence-corrected chi connectivity index (χ2v) is 4.45. The molecule has 3 N–H and O–H groups in total. The Kier molecular flexibility index (Phi) is 3.06. The van der Waals surface area contributed by atoms with Gasteiger partial charge < -0.3 is 15.4 Å². The zero-order chi connectivity index (χ0) is 13.1. The molecular formula is C15H15N3O. The molecule has 0 spiro atoms. The smallest absolute Gasteiger partial charge is 0.201 e. The van der Waals surface area contributed by atoms with Crippen LogP contribution in [0.3, 0.4) is 0 Å². The van der Waals surface area contributed by atoms with Gasteiger partial charge in [-0.25, -0.2) is 4.98 Å². The lowest BCUT2D eigenvalue weighted by Gasteiger charge is -2.03. The highest BCUT2D eigenvalue weighted by Crippen LogP contribution is 2.14. The molecule has 2 aromatic carbocycles. The van der Waals surface area contributed by atoms with E-state index in [2.05, 4.69) is 15.3 Å². The van der Waals surface area contributed by atoms with E-state index < -0.39 is 0 Å². The molecule has 0 amide bonds. The summed E-state index contributed by atoms with van der Waals surface area (Å²) in [6.07, 6.45) is 0.886. The number of phenolic OH excluding ortho intramolecular Hbond substituents is 1. The Balaban J connectivity index is 1.61. The number of nitrogens with zero attached hydrogens (tertiary/aromatic N) is 1. The van der Waals surface area contributed by atoms with Crippen LogP contribution in [0.2, 0.25) is 0 Å². The summed E-state index contributed by atoms with van der Waals surface area (Å²) in [6, 6.07) is 15.2. The third-order valence-corrected chi connectivity index (χ3v) is 3.03. The van der Waals surface area contributed by atoms with Gasteiger partial charge in [-0.1, -0.05) is 24.3 Å². The second kappa shape index (κ2) is 5.02. The number of H-pyrrole nitrogens is 1. The van der Waals surface area contributed by atoms with Crippen molar-refractivity contribution in [2.45, 2.75) is 6.42 Å². The predicted molar refractivity (Wildman–Crippen MR) is 76.4 cm³/mol. The summed E-state index contributed by atoms with van der Waals surface area (Å²) in [4.78, 5) is 7.68. The number of rotatable bonds is 4. The summed E-state index contributed by atoms with van der Waals surface area (Å²) in [7, 11) is 0. The molecule has 96 valence electrons. The van der Waals surface area contributed by atoms with Crippen LogP contribution in [0.4, 0.5) is 5.95 Å². The van der Waals surface area contributed by atoms with Crippen LogP contribution in [0, 0.1) is 0 Å². The van der Waals surface area contributed by atoms with Crippen molar-refractivity contribution in [1.82, 2.24) is 9.97 Å². The van der Waals surface area contributed by atoms with E-state index in [0.717, 1.165) is 29.9 Å². The molecule has 0 unspecified atom stereocenters. The van der Waals surface area contributed by atoms with Crippen molar-refractivity contribution in [3.8, 4) is 5.75 Å². The molecule has 0 atom stereocenters. The predicted octanol–water partition coefficient (Wildman–Crippen LogP) is 2.92. The van der Waals surface area contributed by atoms with Gasteiger partial charge in [-0.05, 0) is 36.2 Å². The Morgan fingerprint density at radius 1 is 1.05 bits per heavy atom. The molecule has 1 heterocycles. The van der Waals surface area contributed by atoms with Gasteiger partial charge in [-0.2, -0.15) is 0 Å². The number of aromatic nitrogens is 2. The number of imidazole rings is 1. The summed E-state index contributed by atoms with van der Waals surface area (Å²) in [5, 5.41) is 12.5. The van der Waals surface area contributed by atoms with E-state index in [1.807, 2.05) is 36.4 Å². The summed E-state index contributed by atoms with van der Waals surface area (Å²) in [5.41, 5.74) is 3.19.